The van der Waals surface area contributed by atoms with E-state index in [-0.39, 0.29) is 22.8 Å². The van der Waals surface area contributed by atoms with Gasteiger partial charge in [-0.1, -0.05) is 30.1 Å². The highest BCUT2D eigenvalue weighted by Gasteiger charge is 2.05. The van der Waals surface area contributed by atoms with E-state index in [1.807, 2.05) is 6.92 Å². The van der Waals surface area contributed by atoms with Crippen molar-refractivity contribution in [3.8, 4) is 0 Å². The number of aromatic nitrogens is 2. The van der Waals surface area contributed by atoms with Gasteiger partial charge in [0.25, 0.3) is 0 Å². The van der Waals surface area contributed by atoms with E-state index < -0.39 is 0 Å². The monoisotopic (exact) mass is 235 g/mol. The van der Waals surface area contributed by atoms with Crippen molar-refractivity contribution >= 4 is 28.9 Å². The Morgan fingerprint density at radius 2 is 2.21 bits per heavy atom. The zero-order valence-electron chi connectivity index (χ0n) is 7.67. The predicted octanol–water partition coefficient (Wildman–Crippen LogP) is 1.82. The molecule has 0 bridgehead atoms. The van der Waals surface area contributed by atoms with Gasteiger partial charge >= 0.3 is 0 Å². The molecule has 14 heavy (non-hydrogen) atoms. The molecule has 1 unspecified atom stereocenters. The van der Waals surface area contributed by atoms with Crippen molar-refractivity contribution in [2.24, 2.45) is 5.92 Å². The fourth-order valence-electron chi connectivity index (χ4n) is 0.826. The minimum atomic E-state index is 0.122. The lowest BCUT2D eigenvalue weighted by Gasteiger charge is -2.11. The van der Waals surface area contributed by atoms with Gasteiger partial charge in [0, 0.05) is 19.2 Å². The number of nitrogens with zero attached hydrogens (tertiary/aromatic N) is 2. The molecule has 0 aliphatic carbocycles. The summed E-state index contributed by atoms with van der Waals surface area (Å²) in [6.07, 6.45) is 0. The lowest BCUT2D eigenvalue weighted by atomic mass is 10.2. The number of hydrogen-bond acceptors (Lipinski definition) is 4. The van der Waals surface area contributed by atoms with Crippen molar-refractivity contribution in [3.05, 3.63) is 16.4 Å². The fourth-order valence-corrected chi connectivity index (χ4v) is 1.13. The zero-order valence-corrected chi connectivity index (χ0v) is 9.18. The number of rotatable bonds is 4. The molecule has 2 N–H and O–H groups in total. The van der Waals surface area contributed by atoms with E-state index >= 15 is 0 Å². The summed E-state index contributed by atoms with van der Waals surface area (Å²) in [4.78, 5) is 0. The molecule has 0 saturated heterocycles. The molecule has 1 aromatic heterocycles. The molecular formula is C8H11Cl2N3O. The average molecular weight is 236 g/mol. The van der Waals surface area contributed by atoms with Crippen LogP contribution in [0.4, 0.5) is 5.69 Å². The Hall–Kier alpha value is -0.580. The van der Waals surface area contributed by atoms with E-state index in [0.717, 1.165) is 0 Å². The maximum atomic E-state index is 8.81. The van der Waals surface area contributed by atoms with Crippen LogP contribution in [-0.4, -0.2) is 28.5 Å². The lowest BCUT2D eigenvalue weighted by molar-refractivity contribution is 0.244. The minimum Gasteiger partial charge on any atom is -0.396 e. The molecule has 78 valence electrons. The first-order valence-corrected chi connectivity index (χ1v) is 4.92. The number of hydrogen-bond donors (Lipinski definition) is 2. The van der Waals surface area contributed by atoms with Gasteiger partial charge in [-0.2, -0.15) is 0 Å². The van der Waals surface area contributed by atoms with Gasteiger partial charge in [-0.05, 0) is 5.92 Å². The fraction of sp³-hybridized carbons (Fsp3) is 0.500. The van der Waals surface area contributed by atoms with Crippen molar-refractivity contribution in [2.75, 3.05) is 18.5 Å². The highest BCUT2D eigenvalue weighted by atomic mass is 35.5. The summed E-state index contributed by atoms with van der Waals surface area (Å²) in [5.74, 6) is 0.151. The van der Waals surface area contributed by atoms with Crippen LogP contribution in [0, 0.1) is 5.92 Å². The second kappa shape index (κ2) is 5.34. The van der Waals surface area contributed by atoms with Crippen LogP contribution in [0.15, 0.2) is 6.07 Å². The number of aliphatic hydroxyl groups is 1. The Balaban J connectivity index is 2.62. The highest BCUT2D eigenvalue weighted by Crippen LogP contribution is 2.20. The Kier molecular flexibility index (Phi) is 4.38. The normalized spacial score (nSPS) is 12.6. The molecule has 1 rings (SSSR count). The maximum absolute atomic E-state index is 8.81. The van der Waals surface area contributed by atoms with Gasteiger partial charge in [0.1, 0.15) is 0 Å². The summed E-state index contributed by atoms with van der Waals surface area (Å²) >= 11 is 11.4. The van der Waals surface area contributed by atoms with Gasteiger partial charge in [-0.3, -0.25) is 0 Å². The van der Waals surface area contributed by atoms with Gasteiger partial charge in [-0.15, -0.1) is 10.2 Å². The second-order valence-corrected chi connectivity index (χ2v) is 3.79. The third-order valence-corrected chi connectivity index (χ3v) is 2.14. The summed E-state index contributed by atoms with van der Waals surface area (Å²) < 4.78 is 0. The smallest absolute Gasteiger partial charge is 0.174 e. The molecule has 0 aliphatic rings. The van der Waals surface area contributed by atoms with Gasteiger partial charge in [0.05, 0.1) is 5.69 Å². The molecule has 4 nitrogen and oxygen atoms in total. The Morgan fingerprint density at radius 3 is 2.86 bits per heavy atom. The first kappa shape index (κ1) is 11.5. The molecule has 0 aromatic carbocycles. The van der Waals surface area contributed by atoms with Crippen LogP contribution in [0.1, 0.15) is 6.92 Å². The van der Waals surface area contributed by atoms with E-state index in [0.29, 0.717) is 12.2 Å². The molecule has 0 amide bonds. The van der Waals surface area contributed by atoms with E-state index in [9.17, 15) is 0 Å². The quantitative estimate of drug-likeness (QED) is 0.837. The molecular weight excluding hydrogens is 225 g/mol. The number of halogens is 2. The molecule has 0 saturated carbocycles. The Bertz CT molecular complexity index is 309. The molecule has 0 fully saturated rings. The molecule has 1 aromatic rings. The van der Waals surface area contributed by atoms with Crippen LogP contribution < -0.4 is 5.32 Å². The molecule has 0 radical (unpaired) electrons. The van der Waals surface area contributed by atoms with Crippen LogP contribution in [0.2, 0.25) is 10.3 Å². The van der Waals surface area contributed by atoms with Crippen molar-refractivity contribution in [1.29, 1.82) is 0 Å². The highest BCUT2D eigenvalue weighted by molar-refractivity contribution is 6.33. The van der Waals surface area contributed by atoms with Crippen molar-refractivity contribution < 1.29 is 5.11 Å². The van der Waals surface area contributed by atoms with Crippen LogP contribution in [-0.2, 0) is 0 Å². The summed E-state index contributed by atoms with van der Waals surface area (Å²) in [7, 11) is 0. The van der Waals surface area contributed by atoms with Crippen molar-refractivity contribution in [1.82, 2.24) is 10.2 Å². The van der Waals surface area contributed by atoms with Crippen molar-refractivity contribution in [3.63, 3.8) is 0 Å². The summed E-state index contributed by atoms with van der Waals surface area (Å²) in [6, 6.07) is 1.60. The predicted molar refractivity (Wildman–Crippen MR) is 56.8 cm³/mol. The standard InChI is InChI=1S/C8H11Cl2N3O/c1-5(4-14)3-11-6-2-7(9)12-13-8(6)10/h2,5,14H,3-4H2,1H3,(H,11,12). The molecule has 0 aliphatic heterocycles. The van der Waals surface area contributed by atoms with E-state index in [2.05, 4.69) is 15.5 Å². The SMILES string of the molecule is CC(CO)CNc1cc(Cl)nnc1Cl. The number of aliphatic hydroxyl groups excluding tert-OH is 1. The molecule has 0 spiro atoms. The minimum absolute atomic E-state index is 0.122. The zero-order chi connectivity index (χ0) is 10.6. The first-order chi connectivity index (χ1) is 6.63. The number of nitrogens with one attached hydrogen (secondary N) is 1. The van der Waals surface area contributed by atoms with Gasteiger partial charge in [0.2, 0.25) is 0 Å². The van der Waals surface area contributed by atoms with E-state index in [1.165, 1.54) is 0 Å². The van der Waals surface area contributed by atoms with Crippen LogP contribution >= 0.6 is 23.2 Å². The third-order valence-electron chi connectivity index (χ3n) is 1.67. The molecule has 1 heterocycles. The third kappa shape index (κ3) is 3.29. The Labute approximate surface area is 92.2 Å². The molecule has 1 atom stereocenters. The van der Waals surface area contributed by atoms with Crippen LogP contribution in [0.25, 0.3) is 0 Å². The Morgan fingerprint density at radius 1 is 1.50 bits per heavy atom. The average Bonchev–Trinajstić information content (AvgIpc) is 2.19. The summed E-state index contributed by atoms with van der Waals surface area (Å²) in [5.41, 5.74) is 0.631. The summed E-state index contributed by atoms with van der Waals surface area (Å²) in [6.45, 7) is 2.65. The van der Waals surface area contributed by atoms with Crippen LogP contribution in [0.3, 0.4) is 0 Å². The largest absolute Gasteiger partial charge is 0.396 e. The maximum Gasteiger partial charge on any atom is 0.174 e. The van der Waals surface area contributed by atoms with Crippen molar-refractivity contribution in [2.45, 2.75) is 6.92 Å². The van der Waals surface area contributed by atoms with E-state index in [4.69, 9.17) is 28.3 Å². The summed E-state index contributed by atoms with van der Waals surface area (Å²) in [5, 5.41) is 19.6. The van der Waals surface area contributed by atoms with Gasteiger partial charge in [-0.25, -0.2) is 0 Å². The van der Waals surface area contributed by atoms with Crippen LogP contribution in [0.5, 0.6) is 0 Å². The van der Waals surface area contributed by atoms with Gasteiger partial charge < -0.3 is 10.4 Å². The lowest BCUT2D eigenvalue weighted by Crippen LogP contribution is -2.15. The van der Waals surface area contributed by atoms with Gasteiger partial charge in [0.15, 0.2) is 10.3 Å². The van der Waals surface area contributed by atoms with E-state index in [1.54, 1.807) is 6.07 Å². The second-order valence-electron chi connectivity index (χ2n) is 3.04. The molecule has 6 heteroatoms. The first-order valence-electron chi connectivity index (χ1n) is 4.17. The number of anilines is 1. The topological polar surface area (TPSA) is 58.0 Å².